The highest BCUT2D eigenvalue weighted by molar-refractivity contribution is 4.28. The van der Waals surface area contributed by atoms with Gasteiger partial charge in [-0.2, -0.15) is 0 Å². The lowest BCUT2D eigenvalue weighted by atomic mass is 10.4. The van der Waals surface area contributed by atoms with Crippen LogP contribution in [-0.2, 0) is 4.94 Å². The summed E-state index contributed by atoms with van der Waals surface area (Å²) in [4.78, 5) is 6.08. The van der Waals surface area contributed by atoms with Crippen LogP contribution in [0.3, 0.4) is 0 Å². The van der Waals surface area contributed by atoms with Crippen molar-refractivity contribution in [3.05, 3.63) is 0 Å². The predicted octanol–water partition coefficient (Wildman–Crippen LogP) is 0.0744. The Morgan fingerprint density at radius 3 is 1.65 bits per heavy atom. The largest absolute Gasteiger partial charge is 0.396 e. The maximum Gasteiger partial charge on any atom is 0.163 e. The number of aliphatic hydroxyl groups is 1. The Bertz CT molecular complexity index is 222. The average Bonchev–Trinajstić information content (AvgIpc) is 2.09. The number of hydroxylamine groups is 6. The summed E-state index contributed by atoms with van der Waals surface area (Å²) >= 11 is 0. The van der Waals surface area contributed by atoms with E-state index in [-0.39, 0.29) is 6.61 Å². The van der Waals surface area contributed by atoms with E-state index in [1.165, 1.54) is 0 Å². The Kier molecular flexibility index (Phi) is 6.04. The molecule has 0 aliphatic heterocycles. The van der Waals surface area contributed by atoms with Crippen molar-refractivity contribution in [1.82, 2.24) is 0 Å². The number of aliphatic hydroxyl groups excluding tert-OH is 1. The molecule has 0 aromatic rings. The van der Waals surface area contributed by atoms with Gasteiger partial charge in [0.05, 0.1) is 21.1 Å². The zero-order valence-electron chi connectivity index (χ0n) is 12.7. The summed E-state index contributed by atoms with van der Waals surface area (Å²) < 4.78 is 1.95. The van der Waals surface area contributed by atoms with Crippen molar-refractivity contribution in [2.24, 2.45) is 0 Å². The molecule has 0 aliphatic carbocycles. The monoisotopic (exact) mass is 250 g/mol. The Hall–Kier alpha value is -0.200. The molecule has 0 spiro atoms. The summed E-state index contributed by atoms with van der Waals surface area (Å²) in [7, 11) is 14.8. The first-order valence-corrected chi connectivity index (χ1v) is 6.26. The van der Waals surface area contributed by atoms with Gasteiger partial charge in [0.2, 0.25) is 0 Å². The molecule has 0 unspecified atom stereocenters. The summed E-state index contributed by atoms with van der Waals surface area (Å²) in [5.41, 5.74) is 0. The number of hydrogen-bond acceptors (Lipinski definition) is 2. The van der Waals surface area contributed by atoms with Gasteiger partial charge in [0.15, 0.2) is 6.54 Å². The van der Waals surface area contributed by atoms with E-state index in [1.807, 2.05) is 14.1 Å². The van der Waals surface area contributed by atoms with Crippen LogP contribution in [0.1, 0.15) is 6.42 Å². The molecule has 0 amide bonds. The molecule has 1 N–H and O–H groups in total. The number of likely N-dealkylation sites (N-methyl/N-ethyl adjacent to an activating group) is 2. The zero-order chi connectivity index (χ0) is 13.7. The van der Waals surface area contributed by atoms with Crippen molar-refractivity contribution in [2.45, 2.75) is 6.42 Å². The number of hydrogen-bond donors (Lipinski definition) is 1. The molecule has 5 heteroatoms. The lowest BCUT2D eigenvalue weighted by molar-refractivity contribution is -1.32. The number of nitrogens with zero attached hydrogens (tertiary/aromatic N) is 3. The first kappa shape index (κ1) is 16.8. The molecule has 0 aromatic carbocycles. The van der Waals surface area contributed by atoms with Gasteiger partial charge in [-0.1, -0.05) is 0 Å². The summed E-state index contributed by atoms with van der Waals surface area (Å²) in [5.74, 6) is 0. The number of rotatable bonds is 8. The fourth-order valence-corrected chi connectivity index (χ4v) is 1.67. The van der Waals surface area contributed by atoms with Gasteiger partial charge < -0.3 is 9.59 Å². The highest BCUT2D eigenvalue weighted by Crippen LogP contribution is 2.10. The third kappa shape index (κ3) is 9.50. The quantitative estimate of drug-likeness (QED) is 0.488. The molecule has 0 heterocycles. The summed E-state index contributed by atoms with van der Waals surface area (Å²) in [5, 5.41) is 8.86. The second kappa shape index (κ2) is 6.11. The first-order valence-electron chi connectivity index (χ1n) is 6.26. The van der Waals surface area contributed by atoms with Crippen LogP contribution in [0.25, 0.3) is 0 Å². The first-order chi connectivity index (χ1) is 7.47. The SMILES string of the molecule is C[N+](C)(C)CC[N+](C)(C)O[N+](C)(C)CCCO. The predicted molar refractivity (Wildman–Crippen MR) is 69.6 cm³/mol. The van der Waals surface area contributed by atoms with Crippen molar-refractivity contribution >= 4 is 0 Å². The Labute approximate surface area is 106 Å². The smallest absolute Gasteiger partial charge is 0.163 e. The Morgan fingerprint density at radius 2 is 1.24 bits per heavy atom. The number of quaternary nitrogens is 3. The van der Waals surface area contributed by atoms with Crippen LogP contribution in [0, 0.1) is 0 Å². The maximum absolute atomic E-state index is 8.86. The molecular formula is C12H32N3O2+3. The van der Waals surface area contributed by atoms with E-state index < -0.39 is 0 Å². The fourth-order valence-electron chi connectivity index (χ4n) is 1.67. The van der Waals surface area contributed by atoms with Crippen LogP contribution >= 0.6 is 0 Å². The Balaban J connectivity index is 4.23. The standard InChI is InChI=1S/C12H32N3O2/c1-13(2,3)10-11-15(6,7)17-14(4,5)9-8-12-16/h16H,8-12H2,1-7H3/q+3. The zero-order valence-corrected chi connectivity index (χ0v) is 12.7. The van der Waals surface area contributed by atoms with Crippen LogP contribution in [-0.4, -0.2) is 94.5 Å². The third-order valence-electron chi connectivity index (χ3n) is 2.61. The molecule has 0 bridgehead atoms. The summed E-state index contributed by atoms with van der Waals surface area (Å²) in [6.07, 6.45) is 0.766. The van der Waals surface area contributed by atoms with Crippen molar-refractivity contribution in [1.29, 1.82) is 0 Å². The summed E-state index contributed by atoms with van der Waals surface area (Å²) in [6.45, 7) is 3.07. The molecule has 17 heavy (non-hydrogen) atoms. The van der Waals surface area contributed by atoms with Crippen molar-refractivity contribution < 1.29 is 23.8 Å². The highest BCUT2D eigenvalue weighted by Gasteiger charge is 2.31. The van der Waals surface area contributed by atoms with Gasteiger partial charge in [0.25, 0.3) is 0 Å². The third-order valence-corrected chi connectivity index (χ3v) is 2.61. The van der Waals surface area contributed by atoms with Crippen LogP contribution in [0.4, 0.5) is 0 Å². The van der Waals surface area contributed by atoms with Gasteiger partial charge in [0.1, 0.15) is 41.3 Å². The summed E-state index contributed by atoms with van der Waals surface area (Å²) in [6, 6.07) is 0. The fraction of sp³-hybridized carbons (Fsp3) is 1.00. The molecule has 104 valence electrons. The highest BCUT2D eigenvalue weighted by atomic mass is 16.9. The average molecular weight is 250 g/mol. The lowest BCUT2D eigenvalue weighted by Gasteiger charge is -2.35. The molecule has 5 nitrogen and oxygen atoms in total. The van der Waals surface area contributed by atoms with E-state index in [0.717, 1.165) is 30.5 Å². The van der Waals surface area contributed by atoms with E-state index in [2.05, 4.69) is 35.2 Å². The van der Waals surface area contributed by atoms with E-state index in [1.54, 1.807) is 0 Å². The molecular weight excluding hydrogens is 218 g/mol. The second-order valence-corrected chi connectivity index (χ2v) is 6.77. The van der Waals surface area contributed by atoms with Crippen LogP contribution in [0.2, 0.25) is 0 Å². The van der Waals surface area contributed by atoms with Gasteiger partial charge in [-0.15, -0.1) is 9.29 Å². The molecule has 0 saturated heterocycles. The van der Waals surface area contributed by atoms with E-state index in [4.69, 9.17) is 10.0 Å². The lowest BCUT2D eigenvalue weighted by Crippen LogP contribution is -2.56. The topological polar surface area (TPSA) is 29.5 Å². The van der Waals surface area contributed by atoms with Crippen molar-refractivity contribution in [2.75, 3.05) is 75.6 Å². The van der Waals surface area contributed by atoms with Crippen LogP contribution in [0.15, 0.2) is 0 Å². The molecule has 0 radical (unpaired) electrons. The van der Waals surface area contributed by atoms with E-state index in [0.29, 0.717) is 9.29 Å². The van der Waals surface area contributed by atoms with E-state index in [9.17, 15) is 0 Å². The van der Waals surface area contributed by atoms with Crippen LogP contribution < -0.4 is 0 Å². The van der Waals surface area contributed by atoms with Gasteiger partial charge in [-0.25, -0.2) is 0 Å². The molecule has 0 atom stereocenters. The molecule has 0 aliphatic rings. The minimum absolute atomic E-state index is 0.220. The van der Waals surface area contributed by atoms with E-state index >= 15 is 0 Å². The van der Waals surface area contributed by atoms with Gasteiger partial charge in [0, 0.05) is 13.0 Å². The molecule has 0 fully saturated rings. The van der Waals surface area contributed by atoms with Crippen LogP contribution in [0.5, 0.6) is 0 Å². The Morgan fingerprint density at radius 1 is 0.765 bits per heavy atom. The molecule has 0 saturated carbocycles. The van der Waals surface area contributed by atoms with Gasteiger partial charge in [-0.05, 0) is 4.94 Å². The molecule has 0 aromatic heterocycles. The second-order valence-electron chi connectivity index (χ2n) is 6.77. The van der Waals surface area contributed by atoms with Crippen molar-refractivity contribution in [3.8, 4) is 0 Å². The van der Waals surface area contributed by atoms with Gasteiger partial charge >= 0.3 is 0 Å². The van der Waals surface area contributed by atoms with Crippen molar-refractivity contribution in [3.63, 3.8) is 0 Å². The minimum atomic E-state index is 0.220. The molecule has 0 rings (SSSR count). The normalized spacial score (nSPS) is 14.1. The van der Waals surface area contributed by atoms with Gasteiger partial charge in [-0.3, -0.25) is 0 Å². The maximum atomic E-state index is 8.86. The minimum Gasteiger partial charge on any atom is -0.396 e.